The number of hydrogen-bond donors (Lipinski definition) is 2. The van der Waals surface area contributed by atoms with Gasteiger partial charge in [-0.3, -0.25) is 0 Å². The first-order chi connectivity index (χ1) is 9.50. The molecule has 20 heavy (non-hydrogen) atoms. The van der Waals surface area contributed by atoms with Gasteiger partial charge in [0, 0.05) is 6.54 Å². The van der Waals surface area contributed by atoms with Gasteiger partial charge in [0.05, 0.1) is 47.8 Å². The maximum Gasteiger partial charge on any atom is 0.0945 e. The van der Waals surface area contributed by atoms with Crippen molar-refractivity contribution in [2.45, 2.75) is 26.1 Å². The molecule has 0 heterocycles. The lowest BCUT2D eigenvalue weighted by atomic mass is 10.3. The van der Waals surface area contributed by atoms with Crippen molar-refractivity contribution < 1.29 is 14.6 Å². The minimum Gasteiger partial charge on any atom is -0.389 e. The standard InChI is InChI=1S/C14H21Cl2NO3/c1-10(2)20-7-6-19-9-11(18)8-17-13-5-3-4-12(15)14(13)16/h3-5,10-11,17-18H,6-9H2,1-2H3. The van der Waals surface area contributed by atoms with E-state index in [4.69, 9.17) is 32.7 Å². The molecule has 1 unspecified atom stereocenters. The molecule has 0 fully saturated rings. The molecule has 0 aliphatic carbocycles. The number of ether oxygens (including phenoxy) is 2. The summed E-state index contributed by atoms with van der Waals surface area (Å²) < 4.78 is 10.6. The summed E-state index contributed by atoms with van der Waals surface area (Å²) in [5.41, 5.74) is 0.696. The van der Waals surface area contributed by atoms with Gasteiger partial charge in [-0.15, -0.1) is 0 Å². The first-order valence-corrected chi connectivity index (χ1v) is 7.31. The van der Waals surface area contributed by atoms with Crippen LogP contribution in [0.2, 0.25) is 10.0 Å². The molecule has 1 atom stereocenters. The molecular weight excluding hydrogens is 301 g/mol. The predicted octanol–water partition coefficient (Wildman–Crippen LogP) is 3.21. The minimum absolute atomic E-state index is 0.190. The largest absolute Gasteiger partial charge is 0.389 e. The fourth-order valence-electron chi connectivity index (χ4n) is 1.49. The first-order valence-electron chi connectivity index (χ1n) is 6.56. The van der Waals surface area contributed by atoms with Crippen LogP contribution in [0.25, 0.3) is 0 Å². The number of benzene rings is 1. The van der Waals surface area contributed by atoms with Crippen LogP contribution < -0.4 is 5.32 Å². The van der Waals surface area contributed by atoms with Crippen molar-refractivity contribution >= 4 is 28.9 Å². The van der Waals surface area contributed by atoms with Crippen molar-refractivity contribution in [1.29, 1.82) is 0 Å². The minimum atomic E-state index is -0.621. The van der Waals surface area contributed by atoms with E-state index < -0.39 is 6.10 Å². The molecule has 0 radical (unpaired) electrons. The van der Waals surface area contributed by atoms with Gasteiger partial charge in [-0.25, -0.2) is 0 Å². The van der Waals surface area contributed by atoms with Crippen molar-refractivity contribution in [3.63, 3.8) is 0 Å². The Morgan fingerprint density at radius 2 is 2.00 bits per heavy atom. The SMILES string of the molecule is CC(C)OCCOCC(O)CNc1cccc(Cl)c1Cl. The Morgan fingerprint density at radius 1 is 1.25 bits per heavy atom. The van der Waals surface area contributed by atoms with E-state index in [-0.39, 0.29) is 12.7 Å². The van der Waals surface area contributed by atoms with Crippen molar-refractivity contribution in [2.24, 2.45) is 0 Å². The Balaban J connectivity index is 2.19. The molecule has 4 nitrogen and oxygen atoms in total. The van der Waals surface area contributed by atoms with Gasteiger partial charge in [-0.2, -0.15) is 0 Å². The van der Waals surface area contributed by atoms with E-state index >= 15 is 0 Å². The molecule has 0 saturated heterocycles. The average molecular weight is 322 g/mol. The topological polar surface area (TPSA) is 50.7 Å². The van der Waals surface area contributed by atoms with Crippen LogP contribution in [-0.2, 0) is 9.47 Å². The van der Waals surface area contributed by atoms with Crippen molar-refractivity contribution in [2.75, 3.05) is 31.7 Å². The highest BCUT2D eigenvalue weighted by Gasteiger charge is 2.07. The molecule has 114 valence electrons. The Hall–Kier alpha value is -0.520. The van der Waals surface area contributed by atoms with Crippen molar-refractivity contribution in [3.05, 3.63) is 28.2 Å². The third-order valence-corrected chi connectivity index (χ3v) is 3.29. The highest BCUT2D eigenvalue weighted by molar-refractivity contribution is 6.43. The number of aliphatic hydroxyl groups excluding tert-OH is 1. The van der Waals surface area contributed by atoms with Crippen LogP contribution in [-0.4, -0.2) is 43.7 Å². The fraction of sp³-hybridized carbons (Fsp3) is 0.571. The molecule has 1 aromatic carbocycles. The zero-order chi connectivity index (χ0) is 15.0. The smallest absolute Gasteiger partial charge is 0.0945 e. The van der Waals surface area contributed by atoms with Gasteiger partial charge in [0.1, 0.15) is 0 Å². The van der Waals surface area contributed by atoms with Gasteiger partial charge in [-0.1, -0.05) is 29.3 Å². The summed E-state index contributed by atoms with van der Waals surface area (Å²) in [6, 6.07) is 5.31. The van der Waals surface area contributed by atoms with Gasteiger partial charge in [0.2, 0.25) is 0 Å². The van der Waals surface area contributed by atoms with Gasteiger partial charge in [0.25, 0.3) is 0 Å². The zero-order valence-electron chi connectivity index (χ0n) is 11.7. The summed E-state index contributed by atoms with van der Waals surface area (Å²) in [6.07, 6.45) is -0.431. The van der Waals surface area contributed by atoms with Crippen LogP contribution in [0.5, 0.6) is 0 Å². The number of nitrogens with one attached hydrogen (secondary N) is 1. The Bertz CT molecular complexity index is 402. The maximum atomic E-state index is 9.77. The second-order valence-electron chi connectivity index (χ2n) is 4.63. The highest BCUT2D eigenvalue weighted by atomic mass is 35.5. The molecule has 0 amide bonds. The lowest BCUT2D eigenvalue weighted by molar-refractivity contribution is -0.00734. The number of hydrogen-bond acceptors (Lipinski definition) is 4. The quantitative estimate of drug-likeness (QED) is 0.686. The molecule has 6 heteroatoms. The molecule has 0 bridgehead atoms. The van der Waals surface area contributed by atoms with Gasteiger partial charge < -0.3 is 19.9 Å². The summed E-state index contributed by atoms with van der Waals surface area (Å²) in [7, 11) is 0. The van der Waals surface area contributed by atoms with E-state index in [0.717, 1.165) is 0 Å². The van der Waals surface area contributed by atoms with E-state index in [1.807, 2.05) is 13.8 Å². The predicted molar refractivity (Wildman–Crippen MR) is 82.9 cm³/mol. The molecule has 0 saturated carbocycles. The molecule has 0 aliphatic heterocycles. The number of halogens is 2. The second kappa shape index (κ2) is 9.42. The highest BCUT2D eigenvalue weighted by Crippen LogP contribution is 2.29. The number of anilines is 1. The molecule has 1 aromatic rings. The van der Waals surface area contributed by atoms with E-state index in [9.17, 15) is 5.11 Å². The molecule has 0 spiro atoms. The zero-order valence-corrected chi connectivity index (χ0v) is 13.2. The van der Waals surface area contributed by atoms with E-state index in [1.165, 1.54) is 0 Å². The van der Waals surface area contributed by atoms with E-state index in [0.29, 0.717) is 35.5 Å². The second-order valence-corrected chi connectivity index (χ2v) is 5.42. The van der Waals surface area contributed by atoms with Gasteiger partial charge >= 0.3 is 0 Å². The summed E-state index contributed by atoms with van der Waals surface area (Å²) in [6.45, 7) is 5.50. The summed E-state index contributed by atoms with van der Waals surface area (Å²) in [4.78, 5) is 0. The van der Waals surface area contributed by atoms with Crippen molar-refractivity contribution in [3.8, 4) is 0 Å². The van der Waals surface area contributed by atoms with Crippen LogP contribution in [0, 0.1) is 0 Å². The van der Waals surface area contributed by atoms with Crippen LogP contribution in [0.1, 0.15) is 13.8 Å². The van der Waals surface area contributed by atoms with Crippen LogP contribution in [0.3, 0.4) is 0 Å². The molecule has 0 aliphatic rings. The number of aliphatic hydroxyl groups is 1. The third-order valence-electron chi connectivity index (χ3n) is 2.47. The summed E-state index contributed by atoms with van der Waals surface area (Å²) >= 11 is 11.9. The molecular formula is C14H21Cl2NO3. The van der Waals surface area contributed by atoms with Crippen LogP contribution >= 0.6 is 23.2 Å². The maximum absolute atomic E-state index is 9.77. The lowest BCUT2D eigenvalue weighted by Gasteiger charge is -2.15. The Morgan fingerprint density at radius 3 is 2.70 bits per heavy atom. The van der Waals surface area contributed by atoms with Gasteiger partial charge in [-0.05, 0) is 26.0 Å². The van der Waals surface area contributed by atoms with Crippen molar-refractivity contribution in [1.82, 2.24) is 0 Å². The lowest BCUT2D eigenvalue weighted by Crippen LogP contribution is -2.26. The van der Waals surface area contributed by atoms with Crippen LogP contribution in [0.4, 0.5) is 5.69 Å². The van der Waals surface area contributed by atoms with Gasteiger partial charge in [0.15, 0.2) is 0 Å². The molecule has 0 aromatic heterocycles. The number of rotatable bonds is 9. The Kier molecular flexibility index (Phi) is 8.26. The summed E-state index contributed by atoms with van der Waals surface area (Å²) in [5, 5.41) is 13.7. The fourth-order valence-corrected chi connectivity index (χ4v) is 1.86. The van der Waals surface area contributed by atoms with E-state index in [2.05, 4.69) is 5.32 Å². The third kappa shape index (κ3) is 6.77. The van der Waals surface area contributed by atoms with E-state index in [1.54, 1.807) is 18.2 Å². The first kappa shape index (κ1) is 17.5. The average Bonchev–Trinajstić information content (AvgIpc) is 2.39. The molecule has 2 N–H and O–H groups in total. The Labute approximate surface area is 130 Å². The molecule has 1 rings (SSSR count). The van der Waals surface area contributed by atoms with Crippen LogP contribution in [0.15, 0.2) is 18.2 Å². The monoisotopic (exact) mass is 321 g/mol. The summed E-state index contributed by atoms with van der Waals surface area (Å²) in [5.74, 6) is 0. The normalized spacial score (nSPS) is 12.7.